The summed E-state index contributed by atoms with van der Waals surface area (Å²) in [7, 11) is 5.59. The molecule has 0 saturated heterocycles. The maximum Gasteiger partial charge on any atom is 3.00 e. The molecule has 76 valence electrons. The van der Waals surface area contributed by atoms with E-state index in [0.29, 0.717) is 11.0 Å². The third-order valence-corrected chi connectivity index (χ3v) is 1.30. The van der Waals surface area contributed by atoms with E-state index in [2.05, 4.69) is 4.84 Å². The van der Waals surface area contributed by atoms with Crippen molar-refractivity contribution >= 4 is 6.29 Å². The molecule has 0 fully saturated rings. The van der Waals surface area contributed by atoms with Crippen LogP contribution in [0.5, 0.6) is 0 Å². The summed E-state index contributed by atoms with van der Waals surface area (Å²) in [5.41, 5.74) is 0. The first kappa shape index (κ1) is 16.4. The minimum Gasteiger partial charge on any atom is -0.542 e. The van der Waals surface area contributed by atoms with Crippen molar-refractivity contribution in [2.75, 3.05) is 27.7 Å². The molecule has 7 heteroatoms. The van der Waals surface area contributed by atoms with Gasteiger partial charge in [0.05, 0.1) is 21.1 Å². The molecule has 0 rings (SSSR count). The maximum absolute atomic E-state index is 10.0. The van der Waals surface area contributed by atoms with E-state index in [1.165, 1.54) is 0 Å². The largest absolute Gasteiger partial charge is 3.00 e. The quantitative estimate of drug-likeness (QED) is 0.291. The van der Waals surface area contributed by atoms with Gasteiger partial charge in [-0.15, -0.1) is 16.5 Å². The van der Waals surface area contributed by atoms with Gasteiger partial charge in [-0.1, -0.05) is 0 Å². The molecule has 14 heavy (non-hydrogen) atoms. The predicted molar refractivity (Wildman–Crippen MR) is 45.1 cm³/mol. The van der Waals surface area contributed by atoms with Crippen LogP contribution in [-0.2, 0) is 42.3 Å². The second kappa shape index (κ2) is 7.26. The van der Waals surface area contributed by atoms with E-state index < -0.39 is 11.2 Å². The number of hydrogen-bond donors (Lipinski definition) is 0. The summed E-state index contributed by atoms with van der Waals surface area (Å²) in [6.45, 7) is 0.399. The van der Waals surface area contributed by atoms with E-state index in [4.69, 9.17) is 0 Å². The van der Waals surface area contributed by atoms with Crippen LogP contribution in [0.25, 0.3) is 0 Å². The minimum absolute atomic E-state index is 0. The first-order chi connectivity index (χ1) is 5.85. The molecule has 0 spiro atoms. The van der Waals surface area contributed by atoms with Crippen LogP contribution in [0.3, 0.4) is 0 Å². The summed E-state index contributed by atoms with van der Waals surface area (Å²) in [4.78, 5) is 24.4. The Morgan fingerprint density at radius 3 is 2.29 bits per heavy atom. The van der Waals surface area contributed by atoms with Gasteiger partial charge in [-0.2, -0.15) is 0 Å². The van der Waals surface area contributed by atoms with E-state index in [1.807, 2.05) is 21.1 Å². The number of nitrogens with zero attached hydrogens (tertiary/aromatic N) is 2. The Hall–Kier alpha value is -0.0661. The Morgan fingerprint density at radius 1 is 1.50 bits per heavy atom. The van der Waals surface area contributed by atoms with Gasteiger partial charge in [0.25, 0.3) is 5.09 Å². The standard InChI is InChI=1S/C7H14N2O4.Y/c1-9(2,3)6-7(4-5-10)13-8(11)12;/h7H,4,6H2,1-3H3;/q;+3. The van der Waals surface area contributed by atoms with Gasteiger partial charge in [0, 0.05) is 0 Å². The molecule has 0 aliphatic heterocycles. The topological polar surface area (TPSA) is 69.4 Å². The van der Waals surface area contributed by atoms with Crippen LogP contribution >= 0.6 is 0 Å². The van der Waals surface area contributed by atoms with E-state index in [9.17, 15) is 14.9 Å². The third kappa shape index (κ3) is 10.0. The van der Waals surface area contributed by atoms with Crippen LogP contribution in [0, 0.1) is 10.1 Å². The molecule has 0 heterocycles. The molecule has 0 aromatic carbocycles. The van der Waals surface area contributed by atoms with Crippen molar-refractivity contribution in [1.29, 1.82) is 0 Å². The molecule has 0 bridgehead atoms. The zero-order chi connectivity index (χ0) is 10.5. The van der Waals surface area contributed by atoms with Crippen molar-refractivity contribution in [3.8, 4) is 0 Å². The van der Waals surface area contributed by atoms with E-state index in [0.717, 1.165) is 0 Å². The number of rotatable bonds is 6. The van der Waals surface area contributed by atoms with Gasteiger partial charge in [0.2, 0.25) is 0 Å². The fourth-order valence-corrected chi connectivity index (χ4v) is 0.961. The molecule has 1 atom stereocenters. The summed E-state index contributed by atoms with van der Waals surface area (Å²) in [5.74, 6) is 0. The van der Waals surface area contributed by atoms with Crippen LogP contribution in [-0.4, -0.2) is 49.6 Å². The van der Waals surface area contributed by atoms with Crippen LogP contribution in [0.1, 0.15) is 6.42 Å². The first-order valence-electron chi connectivity index (χ1n) is 3.82. The van der Waals surface area contributed by atoms with Crippen molar-refractivity contribution < 1.29 is 51.9 Å². The Labute approximate surface area is 108 Å². The zero-order valence-corrected chi connectivity index (χ0v) is 11.4. The molecule has 0 aromatic rings. The molecule has 0 aromatic heterocycles. The van der Waals surface area contributed by atoms with Crippen molar-refractivity contribution in [1.82, 2.24) is 0 Å². The smallest absolute Gasteiger partial charge is 0.542 e. The zero-order valence-electron chi connectivity index (χ0n) is 8.60. The van der Waals surface area contributed by atoms with Crippen LogP contribution in [0.4, 0.5) is 0 Å². The molecule has 0 aliphatic carbocycles. The molecular formula is C7H14N2O4Y+3. The summed E-state index contributed by atoms with van der Waals surface area (Å²) in [6.07, 6.45) is 0.832. The number of hydrogen-bond acceptors (Lipinski definition) is 4. The molecule has 0 radical (unpaired) electrons. The Balaban J connectivity index is 0. The van der Waals surface area contributed by atoms with Crippen LogP contribution < -0.4 is 0 Å². The second-order valence-corrected chi connectivity index (χ2v) is 3.77. The van der Waals surface area contributed by atoms with Gasteiger partial charge in [0.1, 0.15) is 12.6 Å². The minimum atomic E-state index is -0.877. The van der Waals surface area contributed by atoms with E-state index >= 15 is 0 Å². The summed E-state index contributed by atoms with van der Waals surface area (Å²) in [6, 6.07) is 0. The Morgan fingerprint density at radius 2 is 2.00 bits per heavy atom. The van der Waals surface area contributed by atoms with Crippen molar-refractivity contribution in [2.24, 2.45) is 0 Å². The Kier molecular flexibility index (Phi) is 8.48. The maximum atomic E-state index is 10.0. The van der Waals surface area contributed by atoms with Gasteiger partial charge < -0.3 is 14.1 Å². The van der Waals surface area contributed by atoms with Gasteiger partial charge in [-0.05, 0) is 0 Å². The SMILES string of the molecule is C[N+](C)(C)CC(C[C-]=O)O[N+](=O)[O-].[Y+3]. The number of carbonyl (C=O) groups excluding carboxylic acids is 1. The van der Waals surface area contributed by atoms with E-state index in [1.54, 1.807) is 6.29 Å². The first-order valence-corrected chi connectivity index (χ1v) is 3.82. The summed E-state index contributed by atoms with van der Waals surface area (Å²) in [5, 5.41) is 9.14. The fraction of sp³-hybridized carbons (Fsp3) is 0.857. The van der Waals surface area contributed by atoms with Gasteiger partial charge in [-0.25, -0.2) is 0 Å². The van der Waals surface area contributed by atoms with Gasteiger partial charge >= 0.3 is 32.7 Å². The Bertz CT molecular complexity index is 193. The molecule has 0 saturated carbocycles. The third-order valence-electron chi connectivity index (χ3n) is 1.30. The monoisotopic (exact) mass is 279 g/mol. The van der Waals surface area contributed by atoms with E-state index in [-0.39, 0.29) is 39.1 Å². The van der Waals surface area contributed by atoms with Crippen LogP contribution in [0.15, 0.2) is 0 Å². The fourth-order valence-electron chi connectivity index (χ4n) is 0.961. The average Bonchev–Trinajstić information content (AvgIpc) is 1.81. The van der Waals surface area contributed by atoms with Crippen LogP contribution in [0.2, 0.25) is 0 Å². The molecule has 1 unspecified atom stereocenters. The second-order valence-electron chi connectivity index (χ2n) is 3.77. The van der Waals surface area contributed by atoms with Crippen molar-refractivity contribution in [3.63, 3.8) is 0 Å². The summed E-state index contributed by atoms with van der Waals surface area (Å²) < 4.78 is 0.500. The van der Waals surface area contributed by atoms with Gasteiger partial charge in [-0.3, -0.25) is 6.29 Å². The van der Waals surface area contributed by atoms with Crippen molar-refractivity contribution in [2.45, 2.75) is 12.5 Å². The van der Waals surface area contributed by atoms with Crippen molar-refractivity contribution in [3.05, 3.63) is 10.1 Å². The normalized spacial score (nSPS) is 12.5. The van der Waals surface area contributed by atoms with Gasteiger partial charge in [0.15, 0.2) is 0 Å². The number of quaternary nitrogens is 1. The molecular weight excluding hydrogens is 265 g/mol. The average molecular weight is 279 g/mol. The number of likely N-dealkylation sites (N-methyl/N-ethyl adjacent to an activating group) is 1. The molecule has 6 nitrogen and oxygen atoms in total. The molecule has 0 amide bonds. The summed E-state index contributed by atoms with van der Waals surface area (Å²) >= 11 is 0. The predicted octanol–water partition coefficient (Wildman–Crippen LogP) is -0.233. The molecule has 0 aliphatic rings. The molecule has 0 N–H and O–H groups in total.